The first kappa shape index (κ1) is 16.2. The highest BCUT2D eigenvalue weighted by Crippen LogP contribution is 2.19. The number of hydrogen-bond donors (Lipinski definition) is 2. The van der Waals surface area contributed by atoms with Crippen molar-refractivity contribution in [2.75, 3.05) is 11.9 Å². The zero-order valence-corrected chi connectivity index (χ0v) is 12.9. The van der Waals surface area contributed by atoms with E-state index in [-0.39, 0.29) is 11.8 Å². The monoisotopic (exact) mass is 276 g/mol. The van der Waals surface area contributed by atoms with Crippen molar-refractivity contribution in [1.29, 1.82) is 0 Å². The number of carbonyl (C=O) groups is 2. The van der Waals surface area contributed by atoms with E-state index in [9.17, 15) is 9.59 Å². The fraction of sp³-hybridized carbons (Fsp3) is 0.500. The molecule has 0 radical (unpaired) electrons. The normalized spacial score (nSPS) is 11.3. The van der Waals surface area contributed by atoms with E-state index in [4.69, 9.17) is 0 Å². The predicted octanol–water partition coefficient (Wildman–Crippen LogP) is 2.73. The number of anilines is 1. The molecular formula is C16H24N2O2. The summed E-state index contributed by atoms with van der Waals surface area (Å²) in [5, 5.41) is 5.58. The minimum Gasteiger partial charge on any atom is -0.355 e. The number of benzene rings is 1. The molecule has 0 heterocycles. The zero-order valence-electron chi connectivity index (χ0n) is 12.9. The fourth-order valence-electron chi connectivity index (χ4n) is 1.55. The Bertz CT molecular complexity index is 476. The molecule has 1 aromatic carbocycles. The Morgan fingerprint density at radius 2 is 1.65 bits per heavy atom. The second-order valence-corrected chi connectivity index (χ2v) is 6.05. The van der Waals surface area contributed by atoms with Crippen molar-refractivity contribution >= 4 is 17.5 Å². The van der Waals surface area contributed by atoms with E-state index in [2.05, 4.69) is 10.6 Å². The average Bonchev–Trinajstić information content (AvgIpc) is 2.38. The number of amides is 2. The van der Waals surface area contributed by atoms with Crippen LogP contribution in [-0.2, 0) is 9.59 Å². The molecule has 0 fully saturated rings. The number of nitrogens with one attached hydrogen (secondary N) is 2. The van der Waals surface area contributed by atoms with E-state index in [0.29, 0.717) is 18.2 Å². The van der Waals surface area contributed by atoms with Crippen LogP contribution >= 0.6 is 0 Å². The lowest BCUT2D eigenvalue weighted by molar-refractivity contribution is -0.138. The highest BCUT2D eigenvalue weighted by Gasteiger charge is 2.35. The van der Waals surface area contributed by atoms with Gasteiger partial charge in [0.15, 0.2) is 0 Å². The van der Waals surface area contributed by atoms with Gasteiger partial charge in [-0.25, -0.2) is 0 Å². The van der Waals surface area contributed by atoms with Gasteiger partial charge in [0.2, 0.25) is 11.8 Å². The van der Waals surface area contributed by atoms with Gasteiger partial charge in [-0.15, -0.1) is 0 Å². The molecule has 4 nitrogen and oxygen atoms in total. The molecule has 0 saturated heterocycles. The van der Waals surface area contributed by atoms with Crippen LogP contribution in [0.3, 0.4) is 0 Å². The van der Waals surface area contributed by atoms with Gasteiger partial charge in [0.05, 0.1) is 0 Å². The molecule has 0 aliphatic rings. The molecule has 0 aromatic heterocycles. The first-order valence-corrected chi connectivity index (χ1v) is 6.90. The smallest absolute Gasteiger partial charge is 0.239 e. The molecular weight excluding hydrogens is 252 g/mol. The molecule has 110 valence electrons. The van der Waals surface area contributed by atoms with Gasteiger partial charge in [0.25, 0.3) is 0 Å². The maximum Gasteiger partial charge on any atom is 0.239 e. The van der Waals surface area contributed by atoms with Gasteiger partial charge in [-0.05, 0) is 38.8 Å². The molecule has 0 spiro atoms. The van der Waals surface area contributed by atoms with Gasteiger partial charge in [-0.1, -0.05) is 31.5 Å². The molecule has 1 rings (SSSR count). The first-order valence-electron chi connectivity index (χ1n) is 6.90. The van der Waals surface area contributed by atoms with Gasteiger partial charge in [0.1, 0.15) is 5.41 Å². The van der Waals surface area contributed by atoms with Gasteiger partial charge >= 0.3 is 0 Å². The summed E-state index contributed by atoms with van der Waals surface area (Å²) < 4.78 is 0. The molecule has 0 bridgehead atoms. The van der Waals surface area contributed by atoms with Crippen LogP contribution < -0.4 is 10.6 Å². The largest absolute Gasteiger partial charge is 0.355 e. The van der Waals surface area contributed by atoms with E-state index in [1.807, 2.05) is 45.0 Å². The molecule has 0 saturated carbocycles. The highest BCUT2D eigenvalue weighted by molar-refractivity contribution is 6.09. The molecule has 0 aliphatic carbocycles. The van der Waals surface area contributed by atoms with Crippen molar-refractivity contribution in [2.45, 2.75) is 34.6 Å². The van der Waals surface area contributed by atoms with Crippen LogP contribution in [0.15, 0.2) is 24.3 Å². The van der Waals surface area contributed by atoms with E-state index in [1.165, 1.54) is 0 Å². The highest BCUT2D eigenvalue weighted by atomic mass is 16.2. The zero-order chi connectivity index (χ0) is 15.3. The van der Waals surface area contributed by atoms with Gasteiger partial charge < -0.3 is 10.6 Å². The average molecular weight is 276 g/mol. The number of aryl methyl sites for hydroxylation is 1. The third-order valence-corrected chi connectivity index (χ3v) is 3.12. The van der Waals surface area contributed by atoms with Crippen LogP contribution in [0.2, 0.25) is 0 Å². The van der Waals surface area contributed by atoms with Crippen molar-refractivity contribution in [2.24, 2.45) is 11.3 Å². The lowest BCUT2D eigenvalue weighted by atomic mass is 9.90. The second-order valence-electron chi connectivity index (χ2n) is 6.05. The predicted molar refractivity (Wildman–Crippen MR) is 81.4 cm³/mol. The molecule has 0 unspecified atom stereocenters. The Balaban J connectivity index is 2.68. The molecule has 0 aliphatic heterocycles. The number of hydrogen-bond acceptors (Lipinski definition) is 2. The van der Waals surface area contributed by atoms with Crippen LogP contribution in [0.4, 0.5) is 5.69 Å². The fourth-order valence-corrected chi connectivity index (χ4v) is 1.55. The summed E-state index contributed by atoms with van der Waals surface area (Å²) in [5.41, 5.74) is 0.724. The Hall–Kier alpha value is -1.84. The molecule has 0 atom stereocenters. The van der Waals surface area contributed by atoms with E-state index < -0.39 is 5.41 Å². The van der Waals surface area contributed by atoms with E-state index in [0.717, 1.165) is 5.56 Å². The topological polar surface area (TPSA) is 58.2 Å². The van der Waals surface area contributed by atoms with Gasteiger partial charge in [-0.2, -0.15) is 0 Å². The minimum atomic E-state index is -1.10. The lowest BCUT2D eigenvalue weighted by Crippen LogP contribution is -2.46. The summed E-state index contributed by atoms with van der Waals surface area (Å²) in [5.74, 6) is -0.201. The number of carbonyl (C=O) groups excluding carboxylic acids is 2. The molecule has 4 heteroatoms. The SMILES string of the molecule is Cc1ccc(NC(=O)C(C)(C)C(=O)NCC(C)C)cc1. The van der Waals surface area contributed by atoms with Crippen molar-refractivity contribution < 1.29 is 9.59 Å². The quantitative estimate of drug-likeness (QED) is 0.812. The first-order chi connectivity index (χ1) is 9.23. The maximum atomic E-state index is 12.2. The van der Waals surface area contributed by atoms with Crippen LogP contribution in [0.25, 0.3) is 0 Å². The second kappa shape index (κ2) is 6.55. The van der Waals surface area contributed by atoms with Crippen molar-refractivity contribution in [3.8, 4) is 0 Å². The summed E-state index contributed by atoms with van der Waals surface area (Å²) in [4.78, 5) is 24.3. The van der Waals surface area contributed by atoms with Crippen molar-refractivity contribution in [3.05, 3.63) is 29.8 Å². The van der Waals surface area contributed by atoms with Crippen LogP contribution in [0.1, 0.15) is 33.3 Å². The maximum absolute atomic E-state index is 12.2. The third-order valence-electron chi connectivity index (χ3n) is 3.12. The van der Waals surface area contributed by atoms with Crippen LogP contribution in [0.5, 0.6) is 0 Å². The van der Waals surface area contributed by atoms with Gasteiger partial charge in [0, 0.05) is 12.2 Å². The lowest BCUT2D eigenvalue weighted by Gasteiger charge is -2.23. The summed E-state index contributed by atoms with van der Waals surface area (Å²) >= 11 is 0. The van der Waals surface area contributed by atoms with Crippen LogP contribution in [-0.4, -0.2) is 18.4 Å². The van der Waals surface area contributed by atoms with E-state index >= 15 is 0 Å². The summed E-state index contributed by atoms with van der Waals surface area (Å²) in [6.45, 7) is 9.84. The van der Waals surface area contributed by atoms with E-state index in [1.54, 1.807) is 13.8 Å². The molecule has 2 amide bonds. The van der Waals surface area contributed by atoms with Gasteiger partial charge in [-0.3, -0.25) is 9.59 Å². The summed E-state index contributed by atoms with van der Waals surface area (Å²) in [7, 11) is 0. The molecule has 1 aromatic rings. The van der Waals surface area contributed by atoms with Crippen LogP contribution in [0, 0.1) is 18.3 Å². The summed E-state index contributed by atoms with van der Waals surface area (Å²) in [6.07, 6.45) is 0. The Kier molecular flexibility index (Phi) is 5.31. The van der Waals surface area contributed by atoms with Crippen molar-refractivity contribution in [3.63, 3.8) is 0 Å². The molecule has 20 heavy (non-hydrogen) atoms. The Morgan fingerprint density at radius 3 is 2.15 bits per heavy atom. The standard InChI is InChI=1S/C16H24N2O2/c1-11(2)10-17-14(19)16(4,5)15(20)18-13-8-6-12(3)7-9-13/h6-9,11H,10H2,1-5H3,(H,17,19)(H,18,20). The summed E-state index contributed by atoms with van der Waals surface area (Å²) in [6, 6.07) is 7.49. The minimum absolute atomic E-state index is 0.254. The Labute approximate surface area is 121 Å². The third kappa shape index (κ3) is 4.37. The molecule has 2 N–H and O–H groups in total. The Morgan fingerprint density at radius 1 is 1.10 bits per heavy atom. The van der Waals surface area contributed by atoms with Crippen molar-refractivity contribution in [1.82, 2.24) is 5.32 Å². The number of rotatable bonds is 5.